The molecular weight excluding hydrogens is 312 g/mol. The van der Waals surface area contributed by atoms with Crippen LogP contribution in [0.5, 0.6) is 0 Å². The maximum Gasteiger partial charge on any atom is 0.226 e. The van der Waals surface area contributed by atoms with Crippen LogP contribution in [0, 0.1) is 11.3 Å². The molecule has 1 saturated heterocycles. The molecule has 2 aliphatic rings. The Bertz CT molecular complexity index is 488. The summed E-state index contributed by atoms with van der Waals surface area (Å²) in [5, 5.41) is 2.80. The number of rotatable bonds is 4. The Labute approximate surface area is 134 Å². The van der Waals surface area contributed by atoms with Crippen LogP contribution in [0.2, 0.25) is 0 Å². The van der Waals surface area contributed by atoms with Crippen molar-refractivity contribution in [1.82, 2.24) is 10.2 Å². The van der Waals surface area contributed by atoms with E-state index in [1.165, 1.54) is 6.26 Å². The molecule has 1 N–H and O–H groups in total. The summed E-state index contributed by atoms with van der Waals surface area (Å²) in [5.74, 6) is 0.221. The SMILES string of the molecule is CC(C(C)S(C)(=O)=O)N(C)C(=O)C1CC12CCNCC2.Cl. The Morgan fingerprint density at radius 1 is 1.29 bits per heavy atom. The molecule has 0 aromatic rings. The smallest absolute Gasteiger partial charge is 0.226 e. The highest BCUT2D eigenvalue weighted by molar-refractivity contribution is 7.91. The van der Waals surface area contributed by atoms with Gasteiger partial charge in [0.25, 0.3) is 0 Å². The molecule has 124 valence electrons. The Morgan fingerprint density at radius 3 is 2.29 bits per heavy atom. The van der Waals surface area contributed by atoms with Crippen LogP contribution in [0.15, 0.2) is 0 Å². The first-order valence-electron chi connectivity index (χ1n) is 7.35. The van der Waals surface area contributed by atoms with Gasteiger partial charge >= 0.3 is 0 Å². The van der Waals surface area contributed by atoms with E-state index < -0.39 is 15.1 Å². The summed E-state index contributed by atoms with van der Waals surface area (Å²) in [5.41, 5.74) is 0.199. The van der Waals surface area contributed by atoms with Gasteiger partial charge in [-0.2, -0.15) is 0 Å². The number of amides is 1. The number of piperidine rings is 1. The first kappa shape index (κ1) is 18.7. The lowest BCUT2D eigenvalue weighted by Gasteiger charge is -2.31. The molecule has 0 bridgehead atoms. The summed E-state index contributed by atoms with van der Waals surface area (Å²) in [6.07, 6.45) is 4.33. The fourth-order valence-electron chi connectivity index (χ4n) is 3.29. The lowest BCUT2D eigenvalue weighted by atomic mass is 9.91. The molecular formula is C14H27ClN2O3S. The minimum absolute atomic E-state index is 0. The van der Waals surface area contributed by atoms with Crippen LogP contribution < -0.4 is 5.32 Å². The number of nitrogens with one attached hydrogen (secondary N) is 1. The number of hydrogen-bond acceptors (Lipinski definition) is 4. The van der Waals surface area contributed by atoms with Gasteiger partial charge in [-0.1, -0.05) is 0 Å². The van der Waals surface area contributed by atoms with E-state index >= 15 is 0 Å². The average Bonchev–Trinajstić information content (AvgIpc) is 3.08. The van der Waals surface area contributed by atoms with Gasteiger partial charge in [0.1, 0.15) is 0 Å². The quantitative estimate of drug-likeness (QED) is 0.833. The zero-order valence-electron chi connectivity index (χ0n) is 13.3. The van der Waals surface area contributed by atoms with Gasteiger partial charge in [-0.3, -0.25) is 4.79 Å². The van der Waals surface area contributed by atoms with Crippen LogP contribution in [-0.2, 0) is 14.6 Å². The number of nitrogens with zero attached hydrogens (tertiary/aromatic N) is 1. The molecule has 1 saturated carbocycles. The highest BCUT2D eigenvalue weighted by Crippen LogP contribution is 2.59. The average molecular weight is 339 g/mol. The van der Waals surface area contributed by atoms with Gasteiger partial charge in [-0.05, 0) is 51.6 Å². The molecule has 2 rings (SSSR count). The Morgan fingerprint density at radius 2 is 1.81 bits per heavy atom. The fourth-order valence-corrected chi connectivity index (χ4v) is 4.19. The molecule has 21 heavy (non-hydrogen) atoms. The van der Waals surface area contributed by atoms with Crippen LogP contribution >= 0.6 is 12.4 Å². The lowest BCUT2D eigenvalue weighted by molar-refractivity contribution is -0.134. The van der Waals surface area contributed by atoms with Crippen LogP contribution in [0.4, 0.5) is 0 Å². The van der Waals surface area contributed by atoms with E-state index in [0.717, 1.165) is 32.4 Å². The third-order valence-electron chi connectivity index (χ3n) is 5.40. The van der Waals surface area contributed by atoms with Crippen molar-refractivity contribution in [3.63, 3.8) is 0 Å². The summed E-state index contributed by atoms with van der Waals surface area (Å²) >= 11 is 0. The van der Waals surface area contributed by atoms with Crippen LogP contribution in [0.25, 0.3) is 0 Å². The zero-order chi connectivity index (χ0) is 15.1. The van der Waals surface area contributed by atoms with Crippen molar-refractivity contribution >= 4 is 28.2 Å². The van der Waals surface area contributed by atoms with Gasteiger partial charge in [0, 0.05) is 25.3 Å². The summed E-state index contributed by atoms with van der Waals surface area (Å²) < 4.78 is 23.3. The van der Waals surface area contributed by atoms with Crippen molar-refractivity contribution in [1.29, 1.82) is 0 Å². The summed E-state index contributed by atoms with van der Waals surface area (Å²) in [6, 6.07) is -0.281. The van der Waals surface area contributed by atoms with Crippen molar-refractivity contribution in [2.75, 3.05) is 26.4 Å². The van der Waals surface area contributed by atoms with E-state index in [4.69, 9.17) is 0 Å². The molecule has 1 aliphatic heterocycles. The van der Waals surface area contributed by atoms with Crippen LogP contribution in [-0.4, -0.2) is 56.9 Å². The van der Waals surface area contributed by atoms with Gasteiger partial charge < -0.3 is 10.2 Å². The summed E-state index contributed by atoms with van der Waals surface area (Å²) in [6.45, 7) is 5.48. The Kier molecular flexibility index (Phi) is 5.73. The molecule has 0 aromatic carbocycles. The summed E-state index contributed by atoms with van der Waals surface area (Å²) in [4.78, 5) is 14.2. The molecule has 3 atom stereocenters. The molecule has 0 aromatic heterocycles. The minimum atomic E-state index is -3.12. The predicted molar refractivity (Wildman–Crippen MR) is 86.4 cm³/mol. The predicted octanol–water partition coefficient (Wildman–Crippen LogP) is 1.08. The number of halogens is 1. The summed E-state index contributed by atoms with van der Waals surface area (Å²) in [7, 11) is -1.39. The van der Waals surface area contributed by atoms with E-state index in [2.05, 4.69) is 5.32 Å². The molecule has 3 unspecified atom stereocenters. The number of carbonyl (C=O) groups excluding carboxylic acids is 1. The van der Waals surface area contributed by atoms with E-state index in [9.17, 15) is 13.2 Å². The topological polar surface area (TPSA) is 66.5 Å². The maximum atomic E-state index is 12.6. The molecule has 0 radical (unpaired) electrons. The van der Waals surface area contributed by atoms with E-state index in [0.29, 0.717) is 0 Å². The second-order valence-electron chi connectivity index (χ2n) is 6.59. The molecule has 1 heterocycles. The van der Waals surface area contributed by atoms with Gasteiger partial charge in [0.2, 0.25) is 5.91 Å². The third kappa shape index (κ3) is 3.71. The third-order valence-corrected chi connectivity index (χ3v) is 7.14. The standard InChI is InChI=1S/C14H26N2O3S.ClH/c1-10(11(2)20(4,18)19)16(3)13(17)12-9-14(12)5-7-15-8-6-14;/h10-12,15H,5-9H2,1-4H3;1H. The maximum absolute atomic E-state index is 12.6. The lowest BCUT2D eigenvalue weighted by Crippen LogP contribution is -2.46. The van der Waals surface area contributed by atoms with Crippen molar-refractivity contribution in [3.05, 3.63) is 0 Å². The molecule has 1 aliphatic carbocycles. The van der Waals surface area contributed by atoms with E-state index in [1.54, 1.807) is 18.9 Å². The minimum Gasteiger partial charge on any atom is -0.342 e. The second-order valence-corrected chi connectivity index (χ2v) is 9.00. The van der Waals surface area contributed by atoms with Crippen LogP contribution in [0.3, 0.4) is 0 Å². The molecule has 1 spiro atoms. The van der Waals surface area contributed by atoms with E-state index in [-0.39, 0.29) is 35.7 Å². The first-order chi connectivity index (χ1) is 9.19. The van der Waals surface area contributed by atoms with Crippen molar-refractivity contribution in [2.45, 2.75) is 44.4 Å². The first-order valence-corrected chi connectivity index (χ1v) is 9.31. The zero-order valence-corrected chi connectivity index (χ0v) is 14.9. The van der Waals surface area contributed by atoms with Gasteiger partial charge in [-0.15, -0.1) is 12.4 Å². The number of sulfone groups is 1. The Balaban J connectivity index is 0.00000220. The van der Waals surface area contributed by atoms with Crippen molar-refractivity contribution < 1.29 is 13.2 Å². The molecule has 1 amide bonds. The monoisotopic (exact) mass is 338 g/mol. The normalized spacial score (nSPS) is 26.6. The van der Waals surface area contributed by atoms with Gasteiger partial charge in [0.15, 0.2) is 9.84 Å². The van der Waals surface area contributed by atoms with Gasteiger partial charge in [0.05, 0.1) is 5.25 Å². The van der Waals surface area contributed by atoms with Crippen molar-refractivity contribution in [3.8, 4) is 0 Å². The number of carbonyl (C=O) groups is 1. The largest absolute Gasteiger partial charge is 0.342 e. The van der Waals surface area contributed by atoms with Gasteiger partial charge in [-0.25, -0.2) is 8.42 Å². The molecule has 2 fully saturated rings. The highest BCUT2D eigenvalue weighted by atomic mass is 35.5. The fraction of sp³-hybridized carbons (Fsp3) is 0.929. The second kappa shape index (κ2) is 6.42. The van der Waals surface area contributed by atoms with Crippen molar-refractivity contribution in [2.24, 2.45) is 11.3 Å². The Hall–Kier alpha value is -0.330. The molecule has 5 nitrogen and oxygen atoms in total. The van der Waals surface area contributed by atoms with E-state index in [1.807, 2.05) is 6.92 Å². The molecule has 7 heteroatoms. The van der Waals surface area contributed by atoms with Crippen LogP contribution in [0.1, 0.15) is 33.1 Å². The number of hydrogen-bond donors (Lipinski definition) is 1. The highest BCUT2D eigenvalue weighted by Gasteiger charge is 2.58.